The molecule has 0 spiro atoms. The fourth-order valence-electron chi connectivity index (χ4n) is 5.63. The lowest BCUT2D eigenvalue weighted by atomic mass is 9.95. The van der Waals surface area contributed by atoms with Crippen molar-refractivity contribution in [3.63, 3.8) is 0 Å². The van der Waals surface area contributed by atoms with Gasteiger partial charge in [-0.15, -0.1) is 0 Å². The van der Waals surface area contributed by atoms with Gasteiger partial charge in [-0.05, 0) is 92.3 Å². The lowest BCUT2D eigenvalue weighted by molar-refractivity contribution is -0.121. The molecule has 0 unspecified atom stereocenters. The Morgan fingerprint density at radius 3 is 2.53 bits per heavy atom. The summed E-state index contributed by atoms with van der Waals surface area (Å²) < 4.78 is 6.32. The maximum Gasteiger partial charge on any atom is 0.255 e. The third kappa shape index (κ3) is 6.80. The number of benzene rings is 2. The number of rotatable bonds is 9. The molecule has 10 nitrogen and oxygen atoms in total. The fraction of sp³-hybridized carbons (Fsp3) is 0.286. The highest BCUT2D eigenvalue weighted by Gasteiger charge is 2.21. The van der Waals surface area contributed by atoms with Crippen molar-refractivity contribution < 1.29 is 14.3 Å². The van der Waals surface area contributed by atoms with Crippen LogP contribution in [-0.4, -0.2) is 51.4 Å². The molecule has 0 aliphatic carbocycles. The number of hydrogen-bond acceptors (Lipinski definition) is 7. The molecule has 10 heteroatoms. The maximum atomic E-state index is 13.4. The number of hydrogen-bond donors (Lipinski definition) is 3. The van der Waals surface area contributed by atoms with E-state index < -0.39 is 0 Å². The first-order chi connectivity index (χ1) is 21.9. The zero-order valence-electron chi connectivity index (χ0n) is 25.8. The second-order valence-electron chi connectivity index (χ2n) is 11.5. The number of carbonyl (C=O) groups excluding carboxylic acids is 2. The van der Waals surface area contributed by atoms with Gasteiger partial charge in [0.15, 0.2) is 5.82 Å². The molecule has 3 aromatic heterocycles. The van der Waals surface area contributed by atoms with Gasteiger partial charge in [0.25, 0.3) is 5.91 Å². The lowest BCUT2D eigenvalue weighted by Gasteiger charge is -2.34. The molecule has 1 aliphatic heterocycles. The van der Waals surface area contributed by atoms with Gasteiger partial charge >= 0.3 is 0 Å². The van der Waals surface area contributed by atoms with Crippen molar-refractivity contribution in [2.45, 2.75) is 40.0 Å². The monoisotopic (exact) mass is 603 g/mol. The summed E-state index contributed by atoms with van der Waals surface area (Å²) in [7, 11) is 0. The number of nitrogens with one attached hydrogen (secondary N) is 3. The Balaban J connectivity index is 1.14. The highest BCUT2D eigenvalue weighted by atomic mass is 16.5. The molecule has 0 atom stereocenters. The van der Waals surface area contributed by atoms with Crippen molar-refractivity contribution in [3.05, 3.63) is 89.9 Å². The number of pyridine rings is 1. The largest absolute Gasteiger partial charge is 0.437 e. The van der Waals surface area contributed by atoms with Gasteiger partial charge in [0.1, 0.15) is 11.3 Å². The molecule has 3 N–H and O–H groups in total. The Kier molecular flexibility index (Phi) is 8.72. The Morgan fingerprint density at radius 2 is 1.78 bits per heavy atom. The van der Waals surface area contributed by atoms with Crippen LogP contribution < -0.4 is 20.3 Å². The van der Waals surface area contributed by atoms with Crippen LogP contribution in [-0.2, 0) is 4.79 Å². The predicted octanol–water partition coefficient (Wildman–Crippen LogP) is 6.42. The zero-order chi connectivity index (χ0) is 31.3. The second kappa shape index (κ2) is 13.2. The summed E-state index contributed by atoms with van der Waals surface area (Å²) in [5.74, 6) is 1.81. The number of nitrogens with zero attached hydrogens (tertiary/aromatic N) is 4. The SMILES string of the molecule is CCC(=O)NCC1CCN(c2ccc(NC(=O)c3ccc(C)c(Oc4nc(-c5ccncc5)nc5cc[nH]c45)c3)cc2C)CC1. The number of aryl methyl sites for hydroxylation is 2. The van der Waals surface area contributed by atoms with Gasteiger partial charge in [0, 0.05) is 67.1 Å². The van der Waals surface area contributed by atoms with Crippen LogP contribution in [0.5, 0.6) is 11.6 Å². The second-order valence-corrected chi connectivity index (χ2v) is 11.5. The van der Waals surface area contributed by atoms with Crippen molar-refractivity contribution >= 4 is 34.2 Å². The molecular weight excluding hydrogens is 566 g/mol. The number of carbonyl (C=O) groups is 2. The normalized spacial score (nSPS) is 13.5. The van der Waals surface area contributed by atoms with Gasteiger partial charge in [0.2, 0.25) is 11.8 Å². The molecule has 1 saturated heterocycles. The van der Waals surface area contributed by atoms with E-state index in [2.05, 4.69) is 48.5 Å². The molecule has 0 radical (unpaired) electrons. The van der Waals surface area contributed by atoms with Crippen LogP contribution in [0.2, 0.25) is 0 Å². The average molecular weight is 604 g/mol. The Labute approximate surface area is 262 Å². The van der Waals surface area contributed by atoms with E-state index in [0.717, 1.165) is 60.4 Å². The van der Waals surface area contributed by atoms with Gasteiger partial charge in [-0.1, -0.05) is 13.0 Å². The Hall–Kier alpha value is -5.25. The van der Waals surface area contributed by atoms with E-state index in [1.165, 1.54) is 5.69 Å². The van der Waals surface area contributed by atoms with Gasteiger partial charge in [-0.25, -0.2) is 4.98 Å². The topological polar surface area (TPSA) is 125 Å². The van der Waals surface area contributed by atoms with Gasteiger partial charge in [0.05, 0.1) is 5.52 Å². The van der Waals surface area contributed by atoms with E-state index in [0.29, 0.717) is 40.9 Å². The molecule has 2 aromatic carbocycles. The molecule has 1 aliphatic rings. The van der Waals surface area contributed by atoms with Crippen molar-refractivity contribution in [1.82, 2.24) is 25.3 Å². The Bertz CT molecular complexity index is 1830. The number of anilines is 2. The molecule has 0 bridgehead atoms. The summed E-state index contributed by atoms with van der Waals surface area (Å²) in [6.45, 7) is 8.51. The summed E-state index contributed by atoms with van der Waals surface area (Å²) in [4.78, 5) is 44.0. The van der Waals surface area contributed by atoms with E-state index in [-0.39, 0.29) is 11.8 Å². The molecule has 5 aromatic rings. The third-order valence-electron chi connectivity index (χ3n) is 8.29. The molecule has 2 amide bonds. The first-order valence-corrected chi connectivity index (χ1v) is 15.4. The van der Waals surface area contributed by atoms with E-state index in [1.807, 2.05) is 50.2 Å². The van der Waals surface area contributed by atoms with Gasteiger partial charge < -0.3 is 25.3 Å². The van der Waals surface area contributed by atoms with Crippen LogP contribution in [0.15, 0.2) is 73.2 Å². The van der Waals surface area contributed by atoms with Crippen molar-refractivity contribution in [3.8, 4) is 23.0 Å². The van der Waals surface area contributed by atoms with Crippen LogP contribution >= 0.6 is 0 Å². The van der Waals surface area contributed by atoms with Crippen molar-refractivity contribution in [2.75, 3.05) is 29.9 Å². The first kappa shape index (κ1) is 29.8. The summed E-state index contributed by atoms with van der Waals surface area (Å²) >= 11 is 0. The summed E-state index contributed by atoms with van der Waals surface area (Å²) in [5.41, 5.74) is 6.56. The maximum absolute atomic E-state index is 13.4. The number of piperidine rings is 1. The summed E-state index contributed by atoms with van der Waals surface area (Å²) in [5, 5.41) is 6.07. The van der Waals surface area contributed by atoms with Crippen LogP contribution in [0, 0.1) is 19.8 Å². The predicted molar refractivity (Wildman–Crippen MR) is 176 cm³/mol. The summed E-state index contributed by atoms with van der Waals surface area (Å²) in [6, 6.07) is 17.0. The molecule has 0 saturated carbocycles. The standard InChI is InChI=1S/C35H37N7O3/c1-4-31(43)38-21-24-12-17-42(18-13-24)29-8-7-27(19-23(29)3)39-34(44)26-6-5-22(2)30(20-26)45-35-32-28(11-16-37-32)40-33(41-35)25-9-14-36-15-10-25/h5-11,14-16,19-20,24,37H,4,12-13,17-18,21H2,1-3H3,(H,38,43)(H,39,44). The minimum absolute atomic E-state index is 0.111. The lowest BCUT2D eigenvalue weighted by Crippen LogP contribution is -2.38. The van der Waals surface area contributed by atoms with E-state index in [1.54, 1.807) is 30.7 Å². The van der Waals surface area contributed by atoms with Crippen molar-refractivity contribution in [2.24, 2.45) is 5.92 Å². The number of amides is 2. The minimum atomic E-state index is -0.230. The van der Waals surface area contributed by atoms with Gasteiger partial charge in [-0.3, -0.25) is 14.6 Å². The molecular formula is C35H37N7O3. The number of H-pyrrole nitrogens is 1. The first-order valence-electron chi connectivity index (χ1n) is 15.4. The fourth-order valence-corrected chi connectivity index (χ4v) is 5.63. The molecule has 6 rings (SSSR count). The molecule has 4 heterocycles. The van der Waals surface area contributed by atoms with E-state index >= 15 is 0 Å². The molecule has 45 heavy (non-hydrogen) atoms. The molecule has 1 fully saturated rings. The van der Waals surface area contributed by atoms with E-state index in [9.17, 15) is 9.59 Å². The highest BCUT2D eigenvalue weighted by Crippen LogP contribution is 2.32. The number of ether oxygens (including phenoxy) is 1. The van der Waals surface area contributed by atoms with Crippen LogP contribution in [0.1, 0.15) is 47.7 Å². The third-order valence-corrected chi connectivity index (χ3v) is 8.29. The number of fused-ring (bicyclic) bond motifs is 1. The quantitative estimate of drug-likeness (QED) is 0.177. The average Bonchev–Trinajstić information content (AvgIpc) is 3.55. The minimum Gasteiger partial charge on any atom is -0.437 e. The smallest absolute Gasteiger partial charge is 0.255 e. The van der Waals surface area contributed by atoms with Crippen LogP contribution in [0.3, 0.4) is 0 Å². The molecule has 230 valence electrons. The zero-order valence-corrected chi connectivity index (χ0v) is 25.8. The number of aromatic amines is 1. The number of aromatic nitrogens is 4. The van der Waals surface area contributed by atoms with Gasteiger partial charge in [-0.2, -0.15) is 4.98 Å². The highest BCUT2D eigenvalue weighted by molar-refractivity contribution is 6.04. The van der Waals surface area contributed by atoms with E-state index in [4.69, 9.17) is 4.74 Å². The summed E-state index contributed by atoms with van der Waals surface area (Å²) in [6.07, 6.45) is 7.79. The Morgan fingerprint density at radius 1 is 0.978 bits per heavy atom. The van der Waals surface area contributed by atoms with Crippen LogP contribution in [0.4, 0.5) is 11.4 Å². The van der Waals surface area contributed by atoms with Crippen LogP contribution in [0.25, 0.3) is 22.4 Å². The van der Waals surface area contributed by atoms with Crippen molar-refractivity contribution in [1.29, 1.82) is 0 Å².